The van der Waals surface area contributed by atoms with Crippen molar-refractivity contribution in [3.63, 3.8) is 0 Å². The van der Waals surface area contributed by atoms with Crippen molar-refractivity contribution in [3.05, 3.63) is 57.0 Å². The van der Waals surface area contributed by atoms with Gasteiger partial charge in [-0.1, -0.05) is 23.7 Å². The number of hydrogen-bond donors (Lipinski definition) is 0. The van der Waals surface area contributed by atoms with E-state index in [4.69, 9.17) is 11.6 Å². The predicted molar refractivity (Wildman–Crippen MR) is 120 cm³/mol. The standard InChI is InChI=1S/C20H23BrClN3S/c1-5-25(4)13-24-18-10-14(2)15(11-17(18)22)19(23-3)12-26-20-9-7-6-8-16(20)21/h6-11,13H,5,12H2,1-4H3. The zero-order valence-electron chi connectivity index (χ0n) is 15.5. The second-order valence-electron chi connectivity index (χ2n) is 5.83. The molecule has 2 rings (SSSR count). The molecule has 0 saturated carbocycles. The van der Waals surface area contributed by atoms with Crippen LogP contribution in [0.4, 0.5) is 5.69 Å². The average molecular weight is 453 g/mol. The Morgan fingerprint density at radius 2 is 2.04 bits per heavy atom. The molecular weight excluding hydrogens is 430 g/mol. The van der Waals surface area contributed by atoms with Crippen molar-refractivity contribution in [3.8, 4) is 0 Å². The molecule has 2 aromatic carbocycles. The van der Waals surface area contributed by atoms with Gasteiger partial charge in [-0.25, -0.2) is 4.99 Å². The van der Waals surface area contributed by atoms with E-state index in [-0.39, 0.29) is 0 Å². The summed E-state index contributed by atoms with van der Waals surface area (Å²) in [6.45, 7) is 5.05. The van der Waals surface area contributed by atoms with Crippen LogP contribution in [0.25, 0.3) is 0 Å². The van der Waals surface area contributed by atoms with E-state index in [9.17, 15) is 0 Å². The molecule has 0 bridgehead atoms. The molecule has 0 atom stereocenters. The van der Waals surface area contributed by atoms with Crippen molar-refractivity contribution in [2.75, 3.05) is 26.4 Å². The maximum Gasteiger partial charge on any atom is 0.0910 e. The van der Waals surface area contributed by atoms with E-state index < -0.39 is 0 Å². The fraction of sp³-hybridized carbons (Fsp3) is 0.300. The van der Waals surface area contributed by atoms with Gasteiger partial charge in [0.05, 0.1) is 22.8 Å². The largest absolute Gasteiger partial charge is 0.366 e. The normalized spacial score (nSPS) is 12.0. The molecule has 2 aromatic rings. The van der Waals surface area contributed by atoms with Gasteiger partial charge in [0, 0.05) is 41.3 Å². The van der Waals surface area contributed by atoms with E-state index >= 15 is 0 Å². The van der Waals surface area contributed by atoms with Crippen LogP contribution >= 0.6 is 39.3 Å². The molecule has 0 aliphatic rings. The summed E-state index contributed by atoms with van der Waals surface area (Å²) in [5.74, 6) is 0.775. The summed E-state index contributed by atoms with van der Waals surface area (Å²) in [5.41, 5.74) is 3.99. The molecule has 0 saturated heterocycles. The Bertz CT molecular complexity index is 821. The summed E-state index contributed by atoms with van der Waals surface area (Å²) >= 11 is 11.8. The highest BCUT2D eigenvalue weighted by Gasteiger charge is 2.12. The molecule has 0 aromatic heterocycles. The molecule has 3 nitrogen and oxygen atoms in total. The van der Waals surface area contributed by atoms with Gasteiger partial charge >= 0.3 is 0 Å². The van der Waals surface area contributed by atoms with Gasteiger partial charge in [-0.15, -0.1) is 11.8 Å². The van der Waals surface area contributed by atoms with E-state index in [0.717, 1.165) is 39.3 Å². The average Bonchev–Trinajstić information content (AvgIpc) is 2.64. The van der Waals surface area contributed by atoms with Gasteiger partial charge in [0.15, 0.2) is 0 Å². The smallest absolute Gasteiger partial charge is 0.0910 e. The third-order valence-electron chi connectivity index (χ3n) is 3.97. The number of aryl methyl sites for hydroxylation is 1. The first kappa shape index (κ1) is 21.0. The molecule has 26 heavy (non-hydrogen) atoms. The van der Waals surface area contributed by atoms with Gasteiger partial charge in [-0.05, 0) is 59.6 Å². The van der Waals surface area contributed by atoms with Crippen LogP contribution in [0.3, 0.4) is 0 Å². The highest BCUT2D eigenvalue weighted by atomic mass is 79.9. The Labute approximate surface area is 173 Å². The molecule has 138 valence electrons. The Hall–Kier alpha value is -1.30. The Morgan fingerprint density at radius 1 is 1.31 bits per heavy atom. The van der Waals surface area contributed by atoms with Crippen LogP contribution in [0.2, 0.25) is 5.02 Å². The van der Waals surface area contributed by atoms with Crippen LogP contribution in [0.5, 0.6) is 0 Å². The number of thioether (sulfide) groups is 1. The van der Waals surface area contributed by atoms with Crippen LogP contribution in [0.15, 0.2) is 55.8 Å². The molecule has 0 aliphatic carbocycles. The van der Waals surface area contributed by atoms with Crippen LogP contribution < -0.4 is 0 Å². The lowest BCUT2D eigenvalue weighted by atomic mass is 10.0. The molecule has 6 heteroatoms. The molecule has 0 radical (unpaired) electrons. The molecular formula is C20H23BrClN3S. The van der Waals surface area contributed by atoms with Crippen molar-refractivity contribution in [2.24, 2.45) is 9.98 Å². The minimum Gasteiger partial charge on any atom is -0.366 e. The van der Waals surface area contributed by atoms with Crippen LogP contribution in [0.1, 0.15) is 18.1 Å². The van der Waals surface area contributed by atoms with E-state index in [1.807, 2.05) is 49.3 Å². The number of aliphatic imine (C=N–C) groups is 2. The SMILES string of the molecule is CCN(C)C=Nc1cc(C)c(C(CSc2ccccc2Br)=NC)cc1Cl. The van der Waals surface area contributed by atoms with Crippen LogP contribution in [0, 0.1) is 6.92 Å². The number of nitrogens with zero attached hydrogens (tertiary/aromatic N) is 3. The zero-order valence-corrected chi connectivity index (χ0v) is 18.6. The maximum atomic E-state index is 6.47. The molecule has 0 aliphatic heterocycles. The van der Waals surface area contributed by atoms with Gasteiger partial charge in [-0.3, -0.25) is 4.99 Å². The highest BCUT2D eigenvalue weighted by Crippen LogP contribution is 2.31. The Balaban J connectivity index is 2.22. The summed E-state index contributed by atoms with van der Waals surface area (Å²) in [6.07, 6.45) is 1.80. The topological polar surface area (TPSA) is 28.0 Å². The lowest BCUT2D eigenvalue weighted by Crippen LogP contribution is -2.14. The number of halogens is 2. The molecule has 0 N–H and O–H groups in total. The fourth-order valence-corrected chi connectivity index (χ4v) is 4.09. The third kappa shape index (κ3) is 5.60. The first-order chi connectivity index (χ1) is 12.5. The summed E-state index contributed by atoms with van der Waals surface area (Å²) < 4.78 is 1.10. The monoisotopic (exact) mass is 451 g/mol. The van der Waals surface area contributed by atoms with Gasteiger partial charge in [-0.2, -0.15) is 0 Å². The first-order valence-corrected chi connectivity index (χ1v) is 10.5. The summed E-state index contributed by atoms with van der Waals surface area (Å²) in [6, 6.07) is 12.2. The molecule has 0 unspecified atom stereocenters. The van der Waals surface area contributed by atoms with Gasteiger partial charge in [0.25, 0.3) is 0 Å². The summed E-state index contributed by atoms with van der Waals surface area (Å²) in [7, 11) is 3.81. The van der Waals surface area contributed by atoms with Crippen LogP contribution in [-0.2, 0) is 0 Å². The zero-order chi connectivity index (χ0) is 19.1. The number of rotatable bonds is 7. The maximum absolute atomic E-state index is 6.47. The minimum atomic E-state index is 0.637. The Morgan fingerprint density at radius 3 is 2.69 bits per heavy atom. The van der Waals surface area contributed by atoms with Crippen molar-refractivity contribution in [1.29, 1.82) is 0 Å². The van der Waals surface area contributed by atoms with Crippen molar-refractivity contribution >= 4 is 57.0 Å². The van der Waals surface area contributed by atoms with Gasteiger partial charge < -0.3 is 4.90 Å². The third-order valence-corrected chi connectivity index (χ3v) is 6.31. The van der Waals surface area contributed by atoms with E-state index in [2.05, 4.69) is 45.8 Å². The lowest BCUT2D eigenvalue weighted by molar-refractivity contribution is 0.552. The summed E-state index contributed by atoms with van der Waals surface area (Å²) in [4.78, 5) is 12.2. The summed E-state index contributed by atoms with van der Waals surface area (Å²) in [5, 5.41) is 0.637. The molecule has 0 heterocycles. The molecule has 0 fully saturated rings. The molecule has 0 spiro atoms. The van der Waals surface area contributed by atoms with Crippen molar-refractivity contribution in [2.45, 2.75) is 18.7 Å². The lowest BCUT2D eigenvalue weighted by Gasteiger charge is -2.13. The predicted octanol–water partition coefficient (Wildman–Crippen LogP) is 6.23. The van der Waals surface area contributed by atoms with Gasteiger partial charge in [0.1, 0.15) is 0 Å². The molecule has 0 amide bonds. The second kappa shape index (κ2) is 10.1. The van der Waals surface area contributed by atoms with E-state index in [0.29, 0.717) is 5.02 Å². The van der Waals surface area contributed by atoms with Crippen LogP contribution in [-0.4, -0.2) is 43.3 Å². The van der Waals surface area contributed by atoms with E-state index in [1.54, 1.807) is 18.1 Å². The number of hydrogen-bond acceptors (Lipinski definition) is 3. The van der Waals surface area contributed by atoms with Gasteiger partial charge in [0.2, 0.25) is 0 Å². The quantitative estimate of drug-likeness (QED) is 0.283. The Kier molecular flexibility index (Phi) is 8.19. The second-order valence-corrected chi connectivity index (χ2v) is 8.10. The minimum absolute atomic E-state index is 0.637. The fourth-order valence-electron chi connectivity index (χ4n) is 2.29. The number of benzene rings is 2. The first-order valence-electron chi connectivity index (χ1n) is 8.34. The van der Waals surface area contributed by atoms with E-state index in [1.165, 1.54) is 4.90 Å². The van der Waals surface area contributed by atoms with Crippen molar-refractivity contribution in [1.82, 2.24) is 4.90 Å². The highest BCUT2D eigenvalue weighted by molar-refractivity contribution is 9.10. The van der Waals surface area contributed by atoms with Crippen molar-refractivity contribution < 1.29 is 0 Å².